The van der Waals surface area contributed by atoms with Gasteiger partial charge in [0.2, 0.25) is 0 Å². The van der Waals surface area contributed by atoms with Crippen LogP contribution in [0.2, 0.25) is 5.02 Å². The first-order chi connectivity index (χ1) is 14.1. The number of para-hydroxylation sites is 1. The third kappa shape index (κ3) is 4.60. The van der Waals surface area contributed by atoms with Crippen molar-refractivity contribution in [2.24, 2.45) is 0 Å². The highest BCUT2D eigenvalue weighted by Gasteiger charge is 2.17. The molecule has 1 saturated heterocycles. The van der Waals surface area contributed by atoms with Crippen LogP contribution in [0.3, 0.4) is 0 Å². The van der Waals surface area contributed by atoms with Crippen molar-refractivity contribution in [3.05, 3.63) is 77.1 Å². The molecule has 1 aliphatic heterocycles. The highest BCUT2D eigenvalue weighted by Crippen LogP contribution is 2.22. The van der Waals surface area contributed by atoms with E-state index in [4.69, 9.17) is 11.6 Å². The quantitative estimate of drug-likeness (QED) is 0.703. The number of carbonyl (C=O) groups excluding carboxylic acids is 1. The molecule has 2 heterocycles. The van der Waals surface area contributed by atoms with Gasteiger partial charge in [0.15, 0.2) is 0 Å². The normalized spacial score (nSPS) is 14.8. The summed E-state index contributed by atoms with van der Waals surface area (Å²) in [7, 11) is 2.15. The number of halogens is 1. The first-order valence-electron chi connectivity index (χ1n) is 9.70. The molecule has 0 unspecified atom stereocenters. The molecular weight excluding hydrogens is 386 g/mol. The maximum atomic E-state index is 12.6. The van der Waals surface area contributed by atoms with Crippen molar-refractivity contribution in [1.29, 1.82) is 0 Å². The zero-order chi connectivity index (χ0) is 20.2. The van der Waals surface area contributed by atoms with Gasteiger partial charge < -0.3 is 15.1 Å². The molecule has 0 radical (unpaired) electrons. The van der Waals surface area contributed by atoms with Gasteiger partial charge in [0, 0.05) is 49.6 Å². The molecule has 1 N–H and O–H groups in total. The van der Waals surface area contributed by atoms with Crippen molar-refractivity contribution in [3.8, 4) is 5.69 Å². The molecule has 4 rings (SSSR count). The number of hydrogen-bond acceptors (Lipinski definition) is 4. The standard InChI is InChI=1S/C22H24ClN5O/c1-26-10-12-27(13-11-26)21-5-3-2-4-17(21)14-24-22(29)18-15-25-28(16-18)20-8-6-19(23)7-9-20/h2-9,15-16H,10-14H2,1H3,(H,24,29). The number of aromatic nitrogens is 2. The molecule has 0 atom stereocenters. The number of nitrogens with zero attached hydrogens (tertiary/aromatic N) is 4. The third-order valence-electron chi connectivity index (χ3n) is 5.21. The Morgan fingerprint density at radius 3 is 2.55 bits per heavy atom. The van der Waals surface area contributed by atoms with Crippen molar-refractivity contribution in [2.45, 2.75) is 6.54 Å². The molecule has 29 heavy (non-hydrogen) atoms. The zero-order valence-electron chi connectivity index (χ0n) is 16.4. The highest BCUT2D eigenvalue weighted by molar-refractivity contribution is 6.30. The number of likely N-dealkylation sites (N-methyl/N-ethyl adjacent to an activating group) is 1. The lowest BCUT2D eigenvalue weighted by Gasteiger charge is -2.35. The number of amides is 1. The van der Waals surface area contributed by atoms with E-state index in [1.54, 1.807) is 29.2 Å². The fraction of sp³-hybridized carbons (Fsp3) is 0.273. The Bertz CT molecular complexity index is 977. The minimum atomic E-state index is -0.140. The van der Waals surface area contributed by atoms with Crippen LogP contribution in [-0.2, 0) is 6.54 Å². The van der Waals surface area contributed by atoms with E-state index in [0.717, 1.165) is 37.4 Å². The first kappa shape index (κ1) is 19.5. The largest absolute Gasteiger partial charge is 0.369 e. The van der Waals surface area contributed by atoms with Crippen LogP contribution >= 0.6 is 11.6 Å². The summed E-state index contributed by atoms with van der Waals surface area (Å²) in [5, 5.41) is 7.98. The van der Waals surface area contributed by atoms with Gasteiger partial charge in [-0.25, -0.2) is 4.68 Å². The van der Waals surface area contributed by atoms with Crippen molar-refractivity contribution in [3.63, 3.8) is 0 Å². The lowest BCUT2D eigenvalue weighted by molar-refractivity contribution is 0.0951. The Labute approximate surface area is 175 Å². The number of nitrogens with one attached hydrogen (secondary N) is 1. The molecule has 7 heteroatoms. The number of carbonyl (C=O) groups is 1. The number of rotatable bonds is 5. The summed E-state index contributed by atoms with van der Waals surface area (Å²) in [5.74, 6) is -0.140. The van der Waals surface area contributed by atoms with Gasteiger partial charge in [-0.2, -0.15) is 5.10 Å². The van der Waals surface area contributed by atoms with Gasteiger partial charge in [0.1, 0.15) is 0 Å². The summed E-state index contributed by atoms with van der Waals surface area (Å²) >= 11 is 5.93. The van der Waals surface area contributed by atoms with Crippen LogP contribution in [0.25, 0.3) is 5.69 Å². The molecule has 1 fully saturated rings. The summed E-state index contributed by atoms with van der Waals surface area (Å²) in [5.41, 5.74) is 3.69. The van der Waals surface area contributed by atoms with E-state index in [1.807, 2.05) is 18.2 Å². The maximum Gasteiger partial charge on any atom is 0.254 e. The van der Waals surface area contributed by atoms with Crippen LogP contribution in [-0.4, -0.2) is 53.8 Å². The smallest absolute Gasteiger partial charge is 0.254 e. The average molecular weight is 410 g/mol. The number of anilines is 1. The topological polar surface area (TPSA) is 53.4 Å². The summed E-state index contributed by atoms with van der Waals surface area (Å²) in [6.07, 6.45) is 3.31. The second kappa shape index (κ2) is 8.68. The van der Waals surface area contributed by atoms with Gasteiger partial charge in [-0.15, -0.1) is 0 Å². The van der Waals surface area contributed by atoms with Crippen LogP contribution in [0.15, 0.2) is 60.9 Å². The van der Waals surface area contributed by atoms with E-state index in [2.05, 4.69) is 45.5 Å². The molecular formula is C22H24ClN5O. The SMILES string of the molecule is CN1CCN(c2ccccc2CNC(=O)c2cnn(-c3ccc(Cl)cc3)c2)CC1. The van der Waals surface area contributed by atoms with Gasteiger partial charge in [0.05, 0.1) is 17.4 Å². The Morgan fingerprint density at radius 2 is 1.79 bits per heavy atom. The van der Waals surface area contributed by atoms with E-state index < -0.39 is 0 Å². The second-order valence-electron chi connectivity index (χ2n) is 7.25. The lowest BCUT2D eigenvalue weighted by Crippen LogP contribution is -2.45. The van der Waals surface area contributed by atoms with Crippen LogP contribution in [0.5, 0.6) is 0 Å². The van der Waals surface area contributed by atoms with E-state index >= 15 is 0 Å². The van der Waals surface area contributed by atoms with Crippen LogP contribution in [0, 0.1) is 0 Å². The molecule has 1 aromatic heterocycles. The monoisotopic (exact) mass is 409 g/mol. The Kier molecular flexibility index (Phi) is 5.83. The fourth-order valence-corrected chi connectivity index (χ4v) is 3.59. The Balaban J connectivity index is 1.42. The van der Waals surface area contributed by atoms with Crippen LogP contribution < -0.4 is 10.2 Å². The third-order valence-corrected chi connectivity index (χ3v) is 5.46. The van der Waals surface area contributed by atoms with E-state index in [-0.39, 0.29) is 5.91 Å². The highest BCUT2D eigenvalue weighted by atomic mass is 35.5. The van der Waals surface area contributed by atoms with E-state index in [9.17, 15) is 4.79 Å². The number of piperazine rings is 1. The van der Waals surface area contributed by atoms with Gasteiger partial charge in [-0.05, 0) is 42.9 Å². The van der Waals surface area contributed by atoms with Gasteiger partial charge >= 0.3 is 0 Å². The van der Waals surface area contributed by atoms with Gasteiger partial charge in [0.25, 0.3) is 5.91 Å². The number of benzene rings is 2. The molecule has 1 amide bonds. The molecule has 0 saturated carbocycles. The van der Waals surface area contributed by atoms with Crippen molar-refractivity contribution in [1.82, 2.24) is 20.0 Å². The first-order valence-corrected chi connectivity index (χ1v) is 10.1. The van der Waals surface area contributed by atoms with Crippen LogP contribution in [0.4, 0.5) is 5.69 Å². The molecule has 1 aliphatic rings. The van der Waals surface area contributed by atoms with Crippen molar-refractivity contribution < 1.29 is 4.79 Å². The minimum Gasteiger partial charge on any atom is -0.369 e. The predicted molar refractivity (Wildman–Crippen MR) is 116 cm³/mol. The summed E-state index contributed by atoms with van der Waals surface area (Å²) in [4.78, 5) is 17.4. The molecule has 0 aliphatic carbocycles. The average Bonchev–Trinajstić information content (AvgIpc) is 3.24. The summed E-state index contributed by atoms with van der Waals surface area (Å²) < 4.78 is 1.67. The van der Waals surface area contributed by atoms with Crippen molar-refractivity contribution in [2.75, 3.05) is 38.1 Å². The maximum absolute atomic E-state index is 12.6. The molecule has 0 spiro atoms. The molecule has 3 aromatic rings. The van der Waals surface area contributed by atoms with Crippen LogP contribution in [0.1, 0.15) is 15.9 Å². The summed E-state index contributed by atoms with van der Waals surface area (Å²) in [6.45, 7) is 4.56. The molecule has 150 valence electrons. The second-order valence-corrected chi connectivity index (χ2v) is 7.69. The zero-order valence-corrected chi connectivity index (χ0v) is 17.1. The van der Waals surface area contributed by atoms with Crippen molar-refractivity contribution >= 4 is 23.2 Å². The molecule has 0 bridgehead atoms. The summed E-state index contributed by atoms with van der Waals surface area (Å²) in [6, 6.07) is 15.6. The Hall–Kier alpha value is -2.83. The molecule has 6 nitrogen and oxygen atoms in total. The van der Waals surface area contributed by atoms with E-state index in [0.29, 0.717) is 17.1 Å². The van der Waals surface area contributed by atoms with Gasteiger partial charge in [-0.1, -0.05) is 29.8 Å². The molecule has 2 aromatic carbocycles. The minimum absolute atomic E-state index is 0.140. The van der Waals surface area contributed by atoms with E-state index in [1.165, 1.54) is 5.69 Å². The fourth-order valence-electron chi connectivity index (χ4n) is 3.47. The Morgan fingerprint density at radius 1 is 1.07 bits per heavy atom. The van der Waals surface area contributed by atoms with Gasteiger partial charge in [-0.3, -0.25) is 4.79 Å². The number of hydrogen-bond donors (Lipinski definition) is 1. The lowest BCUT2D eigenvalue weighted by atomic mass is 10.1. The predicted octanol–water partition coefficient (Wildman–Crippen LogP) is 3.21.